The van der Waals surface area contributed by atoms with Crippen LogP contribution in [0.3, 0.4) is 0 Å². The van der Waals surface area contributed by atoms with Crippen molar-refractivity contribution in [2.45, 2.75) is 398 Å². The molecule has 0 aromatic carbocycles. The van der Waals surface area contributed by atoms with E-state index in [1.165, 1.54) is 321 Å². The van der Waals surface area contributed by atoms with Crippen molar-refractivity contribution in [2.75, 3.05) is 13.2 Å². The zero-order valence-corrected chi connectivity index (χ0v) is 51.5. The van der Waals surface area contributed by atoms with E-state index in [4.69, 9.17) is 4.74 Å². The zero-order valence-electron chi connectivity index (χ0n) is 51.5. The number of rotatable bonds is 65. The summed E-state index contributed by atoms with van der Waals surface area (Å²) < 4.78 is 5.50. The van der Waals surface area contributed by atoms with Gasteiger partial charge in [0.05, 0.1) is 25.4 Å². The Labute approximate surface area is 475 Å². The fourth-order valence-electron chi connectivity index (χ4n) is 10.9. The van der Waals surface area contributed by atoms with Gasteiger partial charge in [0.1, 0.15) is 0 Å². The summed E-state index contributed by atoms with van der Waals surface area (Å²) in [6.45, 7) is 4.91. The van der Waals surface area contributed by atoms with Crippen LogP contribution in [0.1, 0.15) is 386 Å². The van der Waals surface area contributed by atoms with Crippen molar-refractivity contribution < 1.29 is 24.5 Å². The second-order valence-electron chi connectivity index (χ2n) is 23.9. The molecule has 0 aromatic rings. The predicted molar refractivity (Wildman–Crippen MR) is 333 cm³/mol. The number of aliphatic hydroxyl groups excluding tert-OH is 2. The van der Waals surface area contributed by atoms with Crippen molar-refractivity contribution in [2.24, 2.45) is 0 Å². The van der Waals surface area contributed by atoms with Gasteiger partial charge in [-0.15, -0.1) is 0 Å². The molecule has 0 saturated carbocycles. The van der Waals surface area contributed by atoms with Crippen LogP contribution in [0, 0.1) is 0 Å². The van der Waals surface area contributed by atoms with E-state index in [0.29, 0.717) is 19.4 Å². The lowest BCUT2D eigenvalue weighted by Gasteiger charge is -2.20. The maximum atomic E-state index is 12.4. The van der Waals surface area contributed by atoms with Crippen LogP contribution in [0.15, 0.2) is 24.3 Å². The number of nitrogens with one attached hydrogen (secondary N) is 1. The summed E-state index contributed by atoms with van der Waals surface area (Å²) in [5, 5.41) is 23.0. The molecule has 0 fully saturated rings. The Balaban J connectivity index is 3.31. The summed E-state index contributed by atoms with van der Waals surface area (Å²) in [7, 11) is 0. The molecule has 1 amide bonds. The maximum absolute atomic E-state index is 12.4. The number of aliphatic hydroxyl groups is 2. The maximum Gasteiger partial charge on any atom is 0.305 e. The molecule has 450 valence electrons. The summed E-state index contributed by atoms with van der Waals surface area (Å²) in [5.41, 5.74) is 0. The third-order valence-corrected chi connectivity index (χ3v) is 16.2. The van der Waals surface area contributed by atoms with Crippen LogP contribution >= 0.6 is 0 Å². The van der Waals surface area contributed by atoms with E-state index in [1.54, 1.807) is 6.08 Å². The van der Waals surface area contributed by atoms with Gasteiger partial charge in [-0.2, -0.15) is 0 Å². The molecule has 0 rings (SSSR count). The molecule has 2 atom stereocenters. The highest BCUT2D eigenvalue weighted by Gasteiger charge is 2.18. The van der Waals surface area contributed by atoms with Gasteiger partial charge in [0.15, 0.2) is 0 Å². The van der Waals surface area contributed by atoms with Crippen LogP contribution in [-0.4, -0.2) is 47.4 Å². The Bertz CT molecular complexity index is 1190. The lowest BCUT2D eigenvalue weighted by Crippen LogP contribution is -2.45. The van der Waals surface area contributed by atoms with Gasteiger partial charge in [-0.25, -0.2) is 0 Å². The van der Waals surface area contributed by atoms with Gasteiger partial charge in [-0.1, -0.05) is 340 Å². The molecule has 0 aliphatic carbocycles. The Morgan fingerprint density at radius 3 is 0.934 bits per heavy atom. The summed E-state index contributed by atoms with van der Waals surface area (Å²) >= 11 is 0. The minimum Gasteiger partial charge on any atom is -0.466 e. The van der Waals surface area contributed by atoms with E-state index >= 15 is 0 Å². The van der Waals surface area contributed by atoms with Crippen LogP contribution in [0.4, 0.5) is 0 Å². The van der Waals surface area contributed by atoms with Gasteiger partial charge < -0.3 is 20.3 Å². The number of unbranched alkanes of at least 4 members (excludes halogenated alkanes) is 52. The molecule has 6 heteroatoms. The van der Waals surface area contributed by atoms with Gasteiger partial charge in [0.25, 0.3) is 0 Å². The molecule has 0 aliphatic rings. The first-order chi connectivity index (χ1) is 37.5. The Kier molecular flexibility index (Phi) is 64.4. The van der Waals surface area contributed by atoms with Crippen molar-refractivity contribution in [3.05, 3.63) is 24.3 Å². The number of carbonyl (C=O) groups excluding carboxylic acids is 2. The molecular formula is C70H135NO5. The average molecular weight is 1070 g/mol. The van der Waals surface area contributed by atoms with Gasteiger partial charge in [0.2, 0.25) is 5.91 Å². The minimum absolute atomic E-state index is 0.0233. The number of ether oxygens (including phenoxy) is 1. The van der Waals surface area contributed by atoms with Crippen molar-refractivity contribution in [3.63, 3.8) is 0 Å². The smallest absolute Gasteiger partial charge is 0.305 e. The number of allylic oxidation sites excluding steroid dienone is 3. The highest BCUT2D eigenvalue weighted by atomic mass is 16.5. The minimum atomic E-state index is -0.839. The van der Waals surface area contributed by atoms with E-state index in [2.05, 4.69) is 31.3 Å². The number of hydrogen-bond acceptors (Lipinski definition) is 5. The molecule has 3 N–H and O–H groups in total. The number of amides is 1. The zero-order chi connectivity index (χ0) is 55.0. The van der Waals surface area contributed by atoms with Crippen molar-refractivity contribution >= 4 is 11.9 Å². The monoisotopic (exact) mass is 1070 g/mol. The first kappa shape index (κ1) is 74.3. The van der Waals surface area contributed by atoms with Gasteiger partial charge in [-0.3, -0.25) is 9.59 Å². The molecule has 0 saturated heterocycles. The van der Waals surface area contributed by atoms with Crippen molar-refractivity contribution in [3.8, 4) is 0 Å². The first-order valence-corrected chi connectivity index (χ1v) is 34.6. The van der Waals surface area contributed by atoms with Gasteiger partial charge in [0, 0.05) is 12.8 Å². The topological polar surface area (TPSA) is 95.9 Å². The lowest BCUT2D eigenvalue weighted by molar-refractivity contribution is -0.143. The molecule has 76 heavy (non-hydrogen) atoms. The third-order valence-electron chi connectivity index (χ3n) is 16.2. The highest BCUT2D eigenvalue weighted by Crippen LogP contribution is 2.18. The first-order valence-electron chi connectivity index (χ1n) is 34.6. The SMILES string of the molecule is CCCCCCCCC/C=C/C(O)C(CO)NC(=O)CCCCCCCCCCCCCCCCCCC/C=C\CCCCCCCCCCCCCCCCOC(=O)CCCCCCCCCCCCCCCCC. The molecular weight excluding hydrogens is 935 g/mol. The van der Waals surface area contributed by atoms with Crippen LogP contribution in [0.2, 0.25) is 0 Å². The quantitative estimate of drug-likeness (QED) is 0.0320. The molecule has 0 spiro atoms. The standard InChI is InChI=1S/C70H135NO5/c1-3-5-7-9-11-13-14-15-37-41-44-48-52-56-60-64-70(75)76-65-61-57-53-49-45-42-39-36-34-32-30-28-26-24-22-20-18-16-17-19-21-23-25-27-29-31-33-35-38-40-43-47-51-55-59-63-69(74)71-67(66-72)68(73)62-58-54-50-46-12-10-8-6-4-2/h18,20,58,62,67-68,72-73H,3-17,19,21-57,59-61,63-66H2,1-2H3,(H,71,74)/b20-18-,62-58+. The van der Waals surface area contributed by atoms with Crippen molar-refractivity contribution in [1.29, 1.82) is 0 Å². The fraction of sp³-hybridized carbons (Fsp3) is 0.914. The summed E-state index contributed by atoms with van der Waals surface area (Å²) in [4.78, 5) is 24.5. The fourth-order valence-corrected chi connectivity index (χ4v) is 10.9. The van der Waals surface area contributed by atoms with E-state index in [1.807, 2.05) is 6.08 Å². The molecule has 0 heterocycles. The molecule has 6 nitrogen and oxygen atoms in total. The highest BCUT2D eigenvalue weighted by molar-refractivity contribution is 5.76. The van der Waals surface area contributed by atoms with Crippen LogP contribution in [-0.2, 0) is 14.3 Å². The van der Waals surface area contributed by atoms with Crippen LogP contribution in [0.5, 0.6) is 0 Å². The summed E-state index contributed by atoms with van der Waals surface area (Å²) in [6, 6.07) is -0.622. The number of carbonyl (C=O) groups is 2. The second kappa shape index (κ2) is 65.9. The average Bonchev–Trinajstić information content (AvgIpc) is 3.42. The normalized spacial score (nSPS) is 12.6. The second-order valence-corrected chi connectivity index (χ2v) is 23.9. The van der Waals surface area contributed by atoms with E-state index in [-0.39, 0.29) is 18.5 Å². The summed E-state index contributed by atoms with van der Waals surface area (Å²) in [6.07, 6.45) is 82.8. The van der Waals surface area contributed by atoms with E-state index in [0.717, 1.165) is 38.5 Å². The third kappa shape index (κ3) is 61.6. The molecule has 2 unspecified atom stereocenters. The van der Waals surface area contributed by atoms with Crippen molar-refractivity contribution in [1.82, 2.24) is 5.32 Å². The Morgan fingerprint density at radius 2 is 0.618 bits per heavy atom. The van der Waals surface area contributed by atoms with Gasteiger partial charge in [-0.05, 0) is 57.8 Å². The Morgan fingerprint density at radius 1 is 0.355 bits per heavy atom. The van der Waals surface area contributed by atoms with E-state index < -0.39 is 12.1 Å². The largest absolute Gasteiger partial charge is 0.466 e. The molecule has 0 aromatic heterocycles. The molecule has 0 bridgehead atoms. The lowest BCUT2D eigenvalue weighted by atomic mass is 10.0. The van der Waals surface area contributed by atoms with Gasteiger partial charge >= 0.3 is 5.97 Å². The van der Waals surface area contributed by atoms with E-state index in [9.17, 15) is 19.8 Å². The number of hydrogen-bond donors (Lipinski definition) is 3. The predicted octanol–water partition coefficient (Wildman–Crippen LogP) is 22.1. The number of esters is 1. The molecule has 0 radical (unpaired) electrons. The Hall–Kier alpha value is -1.66. The van der Waals surface area contributed by atoms with Crippen LogP contribution in [0.25, 0.3) is 0 Å². The van der Waals surface area contributed by atoms with Crippen LogP contribution < -0.4 is 5.32 Å². The molecule has 0 aliphatic heterocycles. The summed E-state index contributed by atoms with van der Waals surface area (Å²) in [5.74, 6) is -0.0424.